The van der Waals surface area contributed by atoms with Gasteiger partial charge in [0.05, 0.1) is 24.9 Å². The minimum Gasteiger partial charge on any atom is -0.480 e. The minimum absolute atomic E-state index is 0.139. The van der Waals surface area contributed by atoms with Crippen molar-refractivity contribution in [1.29, 1.82) is 0 Å². The number of unbranched alkanes of at least 4 members (excludes halogenated alkanes) is 1. The maximum atomic E-state index is 13.7. The summed E-state index contributed by atoms with van der Waals surface area (Å²) in [7, 11) is 1.62. The van der Waals surface area contributed by atoms with Crippen LogP contribution in [0.2, 0.25) is 0 Å². The van der Waals surface area contributed by atoms with Gasteiger partial charge >= 0.3 is 18.0 Å². The van der Waals surface area contributed by atoms with Crippen LogP contribution >= 0.6 is 0 Å². The molecule has 0 saturated carbocycles. The number of fused-ring (bicyclic) bond motifs is 1. The smallest absolute Gasteiger partial charge is 0.410 e. The van der Waals surface area contributed by atoms with Crippen LogP contribution in [0.1, 0.15) is 66.2 Å². The van der Waals surface area contributed by atoms with Crippen molar-refractivity contribution in [2.45, 2.75) is 103 Å². The van der Waals surface area contributed by atoms with Gasteiger partial charge in [-0.25, -0.2) is 4.79 Å². The quantitative estimate of drug-likeness (QED) is 0.109. The second-order valence-corrected chi connectivity index (χ2v) is 13.8. The van der Waals surface area contributed by atoms with Crippen LogP contribution in [0.5, 0.6) is 0 Å². The molecular formula is C35H53N7O8. The molecule has 1 aromatic carbocycles. The summed E-state index contributed by atoms with van der Waals surface area (Å²) in [6, 6.07) is 6.48. The normalized spacial score (nSPS) is 28.3. The van der Waals surface area contributed by atoms with Crippen molar-refractivity contribution < 1.29 is 38.5 Å². The largest absolute Gasteiger partial charge is 0.480 e. The van der Waals surface area contributed by atoms with Crippen molar-refractivity contribution in [2.24, 2.45) is 11.8 Å². The van der Waals surface area contributed by atoms with Gasteiger partial charge in [0.25, 0.3) is 0 Å². The van der Waals surface area contributed by atoms with Crippen molar-refractivity contribution >= 4 is 29.5 Å². The van der Waals surface area contributed by atoms with Crippen molar-refractivity contribution in [2.75, 3.05) is 39.0 Å². The number of carboxylic acids is 1. The fraction of sp³-hybridized carbons (Fsp3) is 0.657. The van der Waals surface area contributed by atoms with E-state index in [4.69, 9.17) is 19.9 Å². The number of nitrogen functional groups attached to an aromatic ring is 1. The first kappa shape index (κ1) is 38.7. The molecule has 3 heterocycles. The average Bonchev–Trinajstić information content (AvgIpc) is 3.65. The number of carbonyl (C=O) groups excluding carboxylic acids is 3. The molecular weight excluding hydrogens is 646 g/mol. The number of aryl methyl sites for hydroxylation is 1. The number of methoxy groups -OCH3 is 1. The third kappa shape index (κ3) is 10.0. The lowest BCUT2D eigenvalue weighted by Gasteiger charge is -2.41. The number of aliphatic carboxylic acids is 1. The molecule has 1 amide bonds. The van der Waals surface area contributed by atoms with Gasteiger partial charge in [0.15, 0.2) is 5.60 Å². The maximum absolute atomic E-state index is 13.7. The van der Waals surface area contributed by atoms with E-state index < -0.39 is 41.7 Å². The number of benzene rings is 1. The lowest BCUT2D eigenvalue weighted by atomic mass is 9.83. The number of hydrogen-bond donors (Lipinski definition) is 4. The average molecular weight is 700 g/mol. The number of carboxylic acid groups (broad SMARTS) is 1. The molecule has 0 unspecified atom stereocenters. The van der Waals surface area contributed by atoms with Crippen LogP contribution < -0.4 is 16.4 Å². The summed E-state index contributed by atoms with van der Waals surface area (Å²) in [5.41, 5.74) is 6.87. The number of ether oxygens (including phenoxy) is 3. The van der Waals surface area contributed by atoms with Crippen molar-refractivity contribution in [1.82, 2.24) is 30.5 Å². The highest BCUT2D eigenvalue weighted by atomic mass is 16.6. The zero-order chi connectivity index (χ0) is 36.4. The Kier molecular flexibility index (Phi) is 13.7. The first-order valence-corrected chi connectivity index (χ1v) is 17.5. The fourth-order valence-corrected chi connectivity index (χ4v) is 6.78. The van der Waals surface area contributed by atoms with Crippen LogP contribution in [-0.4, -0.2) is 112 Å². The molecule has 1 aromatic heterocycles. The topological polar surface area (TPSA) is 200 Å². The first-order valence-electron chi connectivity index (χ1n) is 17.5. The summed E-state index contributed by atoms with van der Waals surface area (Å²) >= 11 is 0. The maximum Gasteiger partial charge on any atom is 0.410 e. The number of nitrogens with one attached hydrogen (secondary N) is 2. The van der Waals surface area contributed by atoms with Crippen molar-refractivity contribution in [3.05, 3.63) is 30.5 Å². The molecule has 0 spiro atoms. The Balaban J connectivity index is 1.56. The summed E-state index contributed by atoms with van der Waals surface area (Å²) in [6.45, 7) is 8.71. The Morgan fingerprint density at radius 2 is 1.96 bits per heavy atom. The molecule has 5 N–H and O–H groups in total. The summed E-state index contributed by atoms with van der Waals surface area (Å²) in [4.78, 5) is 52.8. The molecule has 2 aliphatic rings. The first-order chi connectivity index (χ1) is 23.8. The number of nitrogens with zero attached hydrogens (tertiary/aromatic N) is 4. The molecule has 4 rings (SSSR count). The highest BCUT2D eigenvalue weighted by Gasteiger charge is 2.58. The molecule has 276 valence electrons. The van der Waals surface area contributed by atoms with Crippen LogP contribution in [0.3, 0.4) is 0 Å². The molecule has 2 aromatic rings. The summed E-state index contributed by atoms with van der Waals surface area (Å²) in [5, 5.41) is 24.3. The van der Waals surface area contributed by atoms with E-state index in [1.54, 1.807) is 37.5 Å². The van der Waals surface area contributed by atoms with Gasteiger partial charge in [-0.1, -0.05) is 24.3 Å². The van der Waals surface area contributed by atoms with E-state index >= 15 is 0 Å². The van der Waals surface area contributed by atoms with E-state index in [1.165, 1.54) is 0 Å². The van der Waals surface area contributed by atoms with Crippen LogP contribution in [-0.2, 0) is 35.1 Å². The number of rotatable bonds is 12. The SMILES string of the molecule is CO[C@H]1CCC(=O)[C@@H](C)C(=O)O[C@H](C)[C@@]2(C)OC(=O)N(CCCCn3cc(-c4cccc(N)c4)nn3)[C@@H]2[C@@H](CCNCC(=O)O)NC[C@H](C)C1. The number of cyclic esters (lactones) is 1. The molecule has 0 radical (unpaired) electrons. The summed E-state index contributed by atoms with van der Waals surface area (Å²) in [6.07, 6.45) is 3.36. The van der Waals surface area contributed by atoms with Gasteiger partial charge in [-0.05, 0) is 84.0 Å². The second kappa shape index (κ2) is 17.7. The molecule has 0 aliphatic carbocycles. The zero-order valence-electron chi connectivity index (χ0n) is 29.8. The van der Waals surface area contributed by atoms with E-state index in [-0.39, 0.29) is 36.8 Å². The number of amides is 1. The number of anilines is 1. The van der Waals surface area contributed by atoms with Gasteiger partial charge in [-0.2, -0.15) is 0 Å². The standard InChI is InChI=1S/C35H53N7O8/c1-22-17-27(48-5)11-12-30(43)23(2)33(46)49-24(3)35(4)32(28(38-19-22)13-14-37-20-31(44)45)42(34(47)50-35)16-7-6-15-41-21-29(39-40-41)25-9-8-10-26(36)18-25/h8-10,18,21-24,27-28,32,37-38H,6-7,11-17,19-20,36H2,1-5H3,(H,44,45)/t22-,23-,24-,27+,28-,32-,35-/m1/s1. The molecule has 2 aliphatic heterocycles. The monoisotopic (exact) mass is 699 g/mol. The van der Waals surface area contributed by atoms with E-state index in [0.717, 1.165) is 5.56 Å². The predicted octanol–water partition coefficient (Wildman–Crippen LogP) is 2.88. The van der Waals surface area contributed by atoms with Gasteiger partial charge in [-0.3, -0.25) is 24.0 Å². The Hall–Kier alpha value is -4.08. The van der Waals surface area contributed by atoms with Crippen molar-refractivity contribution in [3.8, 4) is 11.3 Å². The van der Waals surface area contributed by atoms with E-state index in [9.17, 15) is 24.3 Å². The van der Waals surface area contributed by atoms with E-state index in [0.29, 0.717) is 69.7 Å². The van der Waals surface area contributed by atoms with Gasteiger partial charge in [0, 0.05) is 43.9 Å². The van der Waals surface area contributed by atoms with Crippen LogP contribution in [0.25, 0.3) is 11.3 Å². The van der Waals surface area contributed by atoms with Crippen LogP contribution in [0.15, 0.2) is 30.5 Å². The van der Waals surface area contributed by atoms with Crippen molar-refractivity contribution in [3.63, 3.8) is 0 Å². The van der Waals surface area contributed by atoms with Gasteiger partial charge in [0.2, 0.25) is 0 Å². The fourth-order valence-electron chi connectivity index (χ4n) is 6.78. The number of esters is 1. The molecule has 15 heteroatoms. The summed E-state index contributed by atoms with van der Waals surface area (Å²) < 4.78 is 19.4. The number of carbonyl (C=O) groups is 4. The number of nitrogens with two attached hydrogens (primary N) is 1. The lowest BCUT2D eigenvalue weighted by Crippen LogP contribution is -2.61. The van der Waals surface area contributed by atoms with Gasteiger partial charge in [0.1, 0.15) is 23.5 Å². The molecule has 15 nitrogen and oxygen atoms in total. The second-order valence-electron chi connectivity index (χ2n) is 13.8. The van der Waals surface area contributed by atoms with E-state index in [2.05, 4.69) is 27.9 Å². The molecule has 50 heavy (non-hydrogen) atoms. The lowest BCUT2D eigenvalue weighted by molar-refractivity contribution is -0.167. The van der Waals surface area contributed by atoms with Gasteiger partial charge in [-0.15, -0.1) is 5.10 Å². The summed E-state index contributed by atoms with van der Waals surface area (Å²) in [5.74, 6) is -2.72. The highest BCUT2D eigenvalue weighted by Crippen LogP contribution is 2.38. The Bertz CT molecular complexity index is 1470. The third-order valence-electron chi connectivity index (χ3n) is 9.89. The molecule has 7 atom stereocenters. The van der Waals surface area contributed by atoms with Crippen LogP contribution in [0.4, 0.5) is 10.5 Å². The van der Waals surface area contributed by atoms with Crippen LogP contribution in [0, 0.1) is 11.8 Å². The van der Waals surface area contributed by atoms with Gasteiger partial charge < -0.3 is 35.7 Å². The number of ketones is 1. The predicted molar refractivity (Wildman–Crippen MR) is 185 cm³/mol. The zero-order valence-corrected chi connectivity index (χ0v) is 29.8. The molecule has 2 saturated heterocycles. The molecule has 2 fully saturated rings. The Morgan fingerprint density at radius 1 is 1.20 bits per heavy atom. The highest BCUT2D eigenvalue weighted by molar-refractivity contribution is 5.98. The Morgan fingerprint density at radius 3 is 2.68 bits per heavy atom. The Labute approximate surface area is 293 Å². The number of Topliss-reactive ketones (excluding diaryl/α,β-unsaturated/α-hetero) is 1. The minimum atomic E-state index is -1.28. The third-order valence-corrected chi connectivity index (χ3v) is 9.89. The number of aromatic nitrogens is 3. The van der Waals surface area contributed by atoms with E-state index in [1.807, 2.05) is 30.5 Å². The molecule has 0 bridgehead atoms. The number of hydrogen-bond acceptors (Lipinski definition) is 12.